The fourth-order valence-corrected chi connectivity index (χ4v) is 3.12. The summed E-state index contributed by atoms with van der Waals surface area (Å²) in [6.45, 7) is 0.0231. The number of halogens is 4. The molecule has 1 aliphatic heterocycles. The Labute approximate surface area is 149 Å². The maximum Gasteiger partial charge on any atom is 0.416 e. The first-order valence-electron chi connectivity index (χ1n) is 7.54. The summed E-state index contributed by atoms with van der Waals surface area (Å²) in [5.41, 5.74) is -0.191. The number of nitrogens with one attached hydrogen (secondary N) is 1. The van der Waals surface area contributed by atoms with Crippen LogP contribution in [0, 0.1) is 0 Å². The maximum atomic E-state index is 13.2. The highest BCUT2D eigenvalue weighted by Crippen LogP contribution is 2.34. The Kier molecular flexibility index (Phi) is 3.73. The van der Waals surface area contributed by atoms with Crippen molar-refractivity contribution in [3.63, 3.8) is 0 Å². The summed E-state index contributed by atoms with van der Waals surface area (Å²) in [4.78, 5) is 16.5. The lowest BCUT2D eigenvalue weighted by Gasteiger charge is -2.15. The van der Waals surface area contributed by atoms with Crippen molar-refractivity contribution in [2.24, 2.45) is 4.99 Å². The monoisotopic (exact) mass is 378 g/mol. The van der Waals surface area contributed by atoms with Crippen LogP contribution in [0.15, 0.2) is 52.3 Å². The lowest BCUT2D eigenvalue weighted by Crippen LogP contribution is -2.19. The van der Waals surface area contributed by atoms with E-state index in [0.29, 0.717) is 16.4 Å². The zero-order valence-corrected chi connectivity index (χ0v) is 13.8. The molecule has 0 spiro atoms. The van der Waals surface area contributed by atoms with Crippen LogP contribution in [0.5, 0.6) is 0 Å². The number of aromatic nitrogens is 3. The summed E-state index contributed by atoms with van der Waals surface area (Å²) in [5, 5.41) is 6.55. The summed E-state index contributed by atoms with van der Waals surface area (Å²) in [6.07, 6.45) is -4.53. The van der Waals surface area contributed by atoms with E-state index in [4.69, 9.17) is 11.6 Å². The number of hydrogen-bond acceptors (Lipinski definition) is 3. The van der Waals surface area contributed by atoms with Crippen LogP contribution < -0.4 is 5.69 Å². The molecule has 0 saturated carbocycles. The average Bonchev–Trinajstić information content (AvgIpc) is 2.87. The van der Waals surface area contributed by atoms with Crippen molar-refractivity contribution in [1.82, 2.24) is 14.8 Å². The summed E-state index contributed by atoms with van der Waals surface area (Å²) >= 11 is 6.23. The van der Waals surface area contributed by atoms with Crippen LogP contribution in [0.3, 0.4) is 0 Å². The van der Waals surface area contributed by atoms with E-state index in [2.05, 4.69) is 15.2 Å². The van der Waals surface area contributed by atoms with Crippen molar-refractivity contribution in [2.75, 3.05) is 0 Å². The van der Waals surface area contributed by atoms with Gasteiger partial charge in [0.25, 0.3) is 0 Å². The highest BCUT2D eigenvalue weighted by atomic mass is 35.5. The molecule has 4 rings (SSSR count). The lowest BCUT2D eigenvalue weighted by molar-refractivity contribution is -0.137. The van der Waals surface area contributed by atoms with E-state index in [1.165, 1.54) is 10.6 Å². The van der Waals surface area contributed by atoms with Gasteiger partial charge in [-0.3, -0.25) is 4.99 Å². The Hall–Kier alpha value is -2.87. The van der Waals surface area contributed by atoms with E-state index in [9.17, 15) is 18.0 Å². The van der Waals surface area contributed by atoms with E-state index >= 15 is 0 Å². The largest absolute Gasteiger partial charge is 0.416 e. The van der Waals surface area contributed by atoms with E-state index in [-0.39, 0.29) is 23.5 Å². The Balaban J connectivity index is 2.04. The number of aromatic amines is 1. The number of hydrogen-bond donors (Lipinski definition) is 1. The Bertz CT molecular complexity index is 1100. The van der Waals surface area contributed by atoms with Crippen LogP contribution in [0.2, 0.25) is 5.02 Å². The molecule has 1 N–H and O–H groups in total. The van der Waals surface area contributed by atoms with Gasteiger partial charge in [-0.1, -0.05) is 29.8 Å². The number of benzene rings is 2. The Morgan fingerprint density at radius 3 is 2.62 bits per heavy atom. The molecule has 0 fully saturated rings. The van der Waals surface area contributed by atoms with Crippen molar-refractivity contribution in [2.45, 2.75) is 12.7 Å². The van der Waals surface area contributed by atoms with Gasteiger partial charge in [0, 0.05) is 16.1 Å². The molecule has 9 heteroatoms. The number of nitrogens with zero attached hydrogens (tertiary/aromatic N) is 3. The first-order chi connectivity index (χ1) is 12.4. The molecule has 0 bridgehead atoms. The molecule has 5 nitrogen and oxygen atoms in total. The SMILES string of the molecule is O=c1[nH]nc2n1-c1ccc(C(F)(F)F)cc1C(c1ccccc1Cl)=NC2. The smallest absolute Gasteiger partial charge is 0.276 e. The summed E-state index contributed by atoms with van der Waals surface area (Å²) < 4.78 is 40.9. The maximum absolute atomic E-state index is 13.2. The molecule has 0 aliphatic carbocycles. The second-order valence-electron chi connectivity index (χ2n) is 5.65. The third-order valence-electron chi connectivity index (χ3n) is 4.07. The standard InChI is InChI=1S/C17H10ClF3N4O/c18-12-4-2-1-3-10(12)15-11-7-9(17(19,20)21)5-6-13(11)25-14(8-22-15)23-24-16(25)26/h1-7H,8H2,(H,24,26). The normalized spacial score (nSPS) is 13.6. The van der Waals surface area contributed by atoms with Crippen molar-refractivity contribution < 1.29 is 13.2 Å². The van der Waals surface area contributed by atoms with Crippen molar-refractivity contribution in [1.29, 1.82) is 0 Å². The zero-order valence-electron chi connectivity index (χ0n) is 13.0. The van der Waals surface area contributed by atoms with E-state index in [0.717, 1.165) is 12.1 Å². The second kappa shape index (κ2) is 5.84. The minimum absolute atomic E-state index is 0.0231. The summed E-state index contributed by atoms with van der Waals surface area (Å²) in [6, 6.07) is 9.88. The number of fused-ring (bicyclic) bond motifs is 3. The van der Waals surface area contributed by atoms with Gasteiger partial charge in [-0.15, -0.1) is 0 Å². The number of alkyl halides is 3. The van der Waals surface area contributed by atoms with E-state index in [1.54, 1.807) is 24.3 Å². The molecular weight excluding hydrogens is 369 g/mol. The van der Waals surface area contributed by atoms with Gasteiger partial charge in [0.2, 0.25) is 0 Å². The van der Waals surface area contributed by atoms with Crippen molar-refractivity contribution in [3.8, 4) is 5.69 Å². The predicted octanol–water partition coefficient (Wildman–Crippen LogP) is 3.58. The van der Waals surface area contributed by atoms with E-state index < -0.39 is 17.4 Å². The molecule has 3 aromatic rings. The van der Waals surface area contributed by atoms with Gasteiger partial charge in [-0.25, -0.2) is 14.5 Å². The van der Waals surface area contributed by atoms with Crippen LogP contribution >= 0.6 is 11.6 Å². The van der Waals surface area contributed by atoms with Crippen molar-refractivity contribution in [3.05, 3.63) is 80.5 Å². The quantitative estimate of drug-likeness (QED) is 0.703. The molecule has 0 unspecified atom stereocenters. The van der Waals surface area contributed by atoms with Gasteiger partial charge >= 0.3 is 11.9 Å². The van der Waals surface area contributed by atoms with Crippen LogP contribution in [-0.2, 0) is 12.7 Å². The third kappa shape index (κ3) is 2.62. The molecular formula is C17H10ClF3N4O. The summed E-state index contributed by atoms with van der Waals surface area (Å²) in [5.74, 6) is 0.304. The summed E-state index contributed by atoms with van der Waals surface area (Å²) in [7, 11) is 0. The molecule has 0 saturated heterocycles. The van der Waals surface area contributed by atoms with E-state index in [1.807, 2.05) is 0 Å². The van der Waals surface area contributed by atoms with Gasteiger partial charge in [0.1, 0.15) is 6.54 Å². The van der Waals surface area contributed by atoms with Gasteiger partial charge in [-0.05, 0) is 24.3 Å². The van der Waals surface area contributed by atoms with Crippen LogP contribution in [-0.4, -0.2) is 20.5 Å². The second-order valence-corrected chi connectivity index (χ2v) is 6.06. The molecule has 1 aromatic heterocycles. The Morgan fingerprint density at radius 1 is 1.12 bits per heavy atom. The topological polar surface area (TPSA) is 63.0 Å². The van der Waals surface area contributed by atoms with Gasteiger partial charge in [-0.2, -0.15) is 18.3 Å². The Morgan fingerprint density at radius 2 is 1.88 bits per heavy atom. The fourth-order valence-electron chi connectivity index (χ4n) is 2.90. The van der Waals surface area contributed by atoms with Gasteiger partial charge in [0.15, 0.2) is 5.82 Å². The van der Waals surface area contributed by atoms with Gasteiger partial charge in [0.05, 0.1) is 17.0 Å². The number of rotatable bonds is 1. The third-order valence-corrected chi connectivity index (χ3v) is 4.40. The molecule has 1 aliphatic rings. The minimum atomic E-state index is -4.53. The van der Waals surface area contributed by atoms with Crippen molar-refractivity contribution >= 4 is 17.3 Å². The average molecular weight is 379 g/mol. The minimum Gasteiger partial charge on any atom is -0.276 e. The first-order valence-corrected chi connectivity index (χ1v) is 7.91. The predicted molar refractivity (Wildman–Crippen MR) is 90.0 cm³/mol. The molecule has 132 valence electrons. The highest BCUT2D eigenvalue weighted by molar-refractivity contribution is 6.35. The van der Waals surface area contributed by atoms with Gasteiger partial charge < -0.3 is 0 Å². The first kappa shape index (κ1) is 16.6. The van der Waals surface area contributed by atoms with Crippen LogP contribution in [0.1, 0.15) is 22.5 Å². The number of aliphatic imine (C=N–C) groups is 1. The van der Waals surface area contributed by atoms with Crippen LogP contribution in [0.25, 0.3) is 5.69 Å². The zero-order chi connectivity index (χ0) is 18.5. The molecule has 0 radical (unpaired) electrons. The van der Waals surface area contributed by atoms with Crippen LogP contribution in [0.4, 0.5) is 13.2 Å². The lowest BCUT2D eigenvalue weighted by atomic mass is 9.98. The molecule has 26 heavy (non-hydrogen) atoms. The number of H-pyrrole nitrogens is 1. The fraction of sp³-hybridized carbons (Fsp3) is 0.118. The molecule has 0 amide bonds. The molecule has 0 atom stereocenters. The molecule has 2 heterocycles. The highest BCUT2D eigenvalue weighted by Gasteiger charge is 2.33. The molecule has 2 aromatic carbocycles.